The van der Waals surface area contributed by atoms with Crippen LogP contribution in [0.1, 0.15) is 12.5 Å². The van der Waals surface area contributed by atoms with Gasteiger partial charge in [-0.1, -0.05) is 53.5 Å². The molecule has 0 saturated carbocycles. The lowest BCUT2D eigenvalue weighted by molar-refractivity contribution is -0.120. The topological polar surface area (TPSA) is 46.9 Å². The third-order valence-electron chi connectivity index (χ3n) is 3.75. The lowest BCUT2D eigenvalue weighted by atomic mass is 10.1. The molecule has 0 bridgehead atoms. The number of halogens is 2. The SMILES string of the molecule is CCNC(=O)Cc1c(-c2ccc(Cl)cc2)nn(-c2ccccc2)c1Cl. The van der Waals surface area contributed by atoms with Crippen LogP contribution in [0.5, 0.6) is 0 Å². The summed E-state index contributed by atoms with van der Waals surface area (Å²) in [6, 6.07) is 16.9. The molecule has 0 atom stereocenters. The van der Waals surface area contributed by atoms with Gasteiger partial charge in [-0.15, -0.1) is 0 Å². The fraction of sp³-hybridized carbons (Fsp3) is 0.158. The number of aromatic nitrogens is 2. The summed E-state index contributed by atoms with van der Waals surface area (Å²) < 4.78 is 1.65. The van der Waals surface area contributed by atoms with Gasteiger partial charge in [0.2, 0.25) is 5.91 Å². The van der Waals surface area contributed by atoms with Gasteiger partial charge in [-0.3, -0.25) is 4.79 Å². The van der Waals surface area contributed by atoms with Gasteiger partial charge in [0.25, 0.3) is 0 Å². The highest BCUT2D eigenvalue weighted by Crippen LogP contribution is 2.31. The minimum Gasteiger partial charge on any atom is -0.356 e. The third-order valence-corrected chi connectivity index (χ3v) is 4.39. The van der Waals surface area contributed by atoms with Gasteiger partial charge in [0, 0.05) is 22.7 Å². The normalized spacial score (nSPS) is 10.7. The van der Waals surface area contributed by atoms with Crippen molar-refractivity contribution >= 4 is 29.1 Å². The van der Waals surface area contributed by atoms with E-state index in [1.54, 1.807) is 16.8 Å². The second-order valence-corrected chi connectivity index (χ2v) is 6.30. The zero-order valence-corrected chi connectivity index (χ0v) is 15.2. The molecule has 4 nitrogen and oxygen atoms in total. The molecule has 0 aliphatic carbocycles. The van der Waals surface area contributed by atoms with Crippen LogP contribution < -0.4 is 5.32 Å². The molecule has 1 heterocycles. The van der Waals surface area contributed by atoms with Crippen LogP contribution in [0.15, 0.2) is 54.6 Å². The molecule has 0 fully saturated rings. The van der Waals surface area contributed by atoms with Crippen molar-refractivity contribution in [3.05, 3.63) is 70.3 Å². The molecule has 3 aromatic rings. The number of benzene rings is 2. The van der Waals surface area contributed by atoms with Crippen molar-refractivity contribution in [2.24, 2.45) is 0 Å². The summed E-state index contributed by atoms with van der Waals surface area (Å²) in [5.41, 5.74) is 3.07. The smallest absolute Gasteiger partial charge is 0.224 e. The predicted molar refractivity (Wildman–Crippen MR) is 101 cm³/mol. The van der Waals surface area contributed by atoms with Crippen LogP contribution in [0.3, 0.4) is 0 Å². The molecule has 0 saturated heterocycles. The number of likely N-dealkylation sites (N-methyl/N-ethyl adjacent to an activating group) is 1. The van der Waals surface area contributed by atoms with E-state index < -0.39 is 0 Å². The van der Waals surface area contributed by atoms with Crippen LogP contribution in [-0.4, -0.2) is 22.2 Å². The summed E-state index contributed by atoms with van der Waals surface area (Å²) in [5, 5.41) is 8.53. The first-order chi connectivity index (χ1) is 12.1. The van der Waals surface area contributed by atoms with Gasteiger partial charge in [-0.05, 0) is 31.2 Å². The van der Waals surface area contributed by atoms with E-state index in [0.29, 0.717) is 28.0 Å². The second-order valence-electron chi connectivity index (χ2n) is 5.50. The molecule has 25 heavy (non-hydrogen) atoms. The van der Waals surface area contributed by atoms with E-state index >= 15 is 0 Å². The van der Waals surface area contributed by atoms with E-state index in [9.17, 15) is 4.79 Å². The van der Waals surface area contributed by atoms with Gasteiger partial charge in [0.05, 0.1) is 17.8 Å². The maximum Gasteiger partial charge on any atom is 0.224 e. The fourth-order valence-corrected chi connectivity index (χ4v) is 3.00. The Bertz CT molecular complexity index is 874. The largest absolute Gasteiger partial charge is 0.356 e. The Morgan fingerprint density at radius 3 is 2.40 bits per heavy atom. The molecule has 3 rings (SSSR count). The summed E-state index contributed by atoms with van der Waals surface area (Å²) in [7, 11) is 0. The van der Waals surface area contributed by atoms with Crippen LogP contribution in [0.4, 0.5) is 0 Å². The summed E-state index contributed by atoms with van der Waals surface area (Å²) in [6.45, 7) is 2.45. The van der Waals surface area contributed by atoms with Crippen LogP contribution >= 0.6 is 23.2 Å². The molecule has 1 aromatic heterocycles. The van der Waals surface area contributed by atoms with Gasteiger partial charge in [-0.2, -0.15) is 5.10 Å². The zero-order chi connectivity index (χ0) is 17.8. The highest BCUT2D eigenvalue weighted by atomic mass is 35.5. The summed E-state index contributed by atoms with van der Waals surface area (Å²) in [5.74, 6) is -0.0905. The highest BCUT2D eigenvalue weighted by Gasteiger charge is 2.21. The maximum absolute atomic E-state index is 12.1. The first-order valence-electron chi connectivity index (χ1n) is 7.95. The Balaban J connectivity index is 2.11. The first kappa shape index (κ1) is 17.5. The maximum atomic E-state index is 12.1. The monoisotopic (exact) mass is 373 g/mol. The number of hydrogen-bond donors (Lipinski definition) is 1. The molecule has 0 radical (unpaired) electrons. The summed E-state index contributed by atoms with van der Waals surface area (Å²) in [6.07, 6.45) is 0.164. The predicted octanol–water partition coefficient (Wildman–Crippen LogP) is 4.52. The molecule has 2 aromatic carbocycles. The average molecular weight is 374 g/mol. The molecule has 128 valence electrons. The third kappa shape index (κ3) is 3.86. The Labute approximate surface area is 156 Å². The van der Waals surface area contributed by atoms with Crippen LogP contribution in [0, 0.1) is 0 Å². The summed E-state index contributed by atoms with van der Waals surface area (Å²) in [4.78, 5) is 12.1. The zero-order valence-electron chi connectivity index (χ0n) is 13.7. The van der Waals surface area contributed by atoms with Crippen molar-refractivity contribution < 1.29 is 4.79 Å². The van der Waals surface area contributed by atoms with Crippen molar-refractivity contribution in [1.82, 2.24) is 15.1 Å². The molecule has 1 amide bonds. The highest BCUT2D eigenvalue weighted by molar-refractivity contribution is 6.31. The number of para-hydroxylation sites is 1. The Morgan fingerprint density at radius 1 is 1.08 bits per heavy atom. The number of nitrogens with one attached hydrogen (secondary N) is 1. The number of carbonyl (C=O) groups is 1. The Kier molecular flexibility index (Phi) is 5.41. The van der Waals surface area contributed by atoms with E-state index in [-0.39, 0.29) is 12.3 Å². The Hall–Kier alpha value is -2.30. The minimum absolute atomic E-state index is 0.0905. The molecule has 0 aliphatic rings. The van der Waals surface area contributed by atoms with E-state index in [1.807, 2.05) is 49.4 Å². The van der Waals surface area contributed by atoms with Gasteiger partial charge in [0.15, 0.2) is 0 Å². The van der Waals surface area contributed by atoms with Gasteiger partial charge < -0.3 is 5.32 Å². The van der Waals surface area contributed by atoms with E-state index in [1.165, 1.54) is 0 Å². The minimum atomic E-state index is -0.0905. The second kappa shape index (κ2) is 7.72. The molecule has 6 heteroatoms. The van der Waals surface area contributed by atoms with Crippen molar-refractivity contribution in [3.8, 4) is 16.9 Å². The first-order valence-corrected chi connectivity index (χ1v) is 8.71. The number of carbonyl (C=O) groups excluding carboxylic acids is 1. The van der Waals surface area contributed by atoms with Gasteiger partial charge >= 0.3 is 0 Å². The number of nitrogens with zero attached hydrogens (tertiary/aromatic N) is 2. The number of amides is 1. The lowest BCUT2D eigenvalue weighted by Gasteiger charge is -2.04. The van der Waals surface area contributed by atoms with E-state index in [0.717, 1.165) is 11.3 Å². The number of hydrogen-bond acceptors (Lipinski definition) is 2. The molecule has 1 N–H and O–H groups in total. The van der Waals surface area contributed by atoms with Crippen LogP contribution in [-0.2, 0) is 11.2 Å². The molecule has 0 spiro atoms. The van der Waals surface area contributed by atoms with Crippen molar-refractivity contribution in [2.75, 3.05) is 6.54 Å². The molecular weight excluding hydrogens is 357 g/mol. The summed E-state index contributed by atoms with van der Waals surface area (Å²) >= 11 is 12.6. The van der Waals surface area contributed by atoms with Crippen molar-refractivity contribution in [2.45, 2.75) is 13.3 Å². The lowest BCUT2D eigenvalue weighted by Crippen LogP contribution is -2.24. The molecule has 0 aliphatic heterocycles. The fourth-order valence-electron chi connectivity index (χ4n) is 2.59. The van der Waals surface area contributed by atoms with Crippen molar-refractivity contribution in [1.29, 1.82) is 0 Å². The molecule has 0 unspecified atom stereocenters. The number of rotatable bonds is 5. The average Bonchev–Trinajstić information content (AvgIpc) is 2.93. The van der Waals surface area contributed by atoms with E-state index in [2.05, 4.69) is 10.4 Å². The van der Waals surface area contributed by atoms with Gasteiger partial charge in [0.1, 0.15) is 5.15 Å². The molecular formula is C19H17Cl2N3O. The van der Waals surface area contributed by atoms with E-state index in [4.69, 9.17) is 23.2 Å². The van der Waals surface area contributed by atoms with Crippen LogP contribution in [0.2, 0.25) is 10.2 Å². The van der Waals surface area contributed by atoms with Gasteiger partial charge in [-0.25, -0.2) is 4.68 Å². The van der Waals surface area contributed by atoms with Crippen molar-refractivity contribution in [3.63, 3.8) is 0 Å². The standard InChI is InChI=1S/C19H17Cl2N3O/c1-2-22-17(25)12-16-18(13-8-10-14(20)11-9-13)23-24(19(16)21)15-6-4-3-5-7-15/h3-11H,2,12H2,1H3,(H,22,25). The Morgan fingerprint density at radius 2 is 1.76 bits per heavy atom. The quantitative estimate of drug-likeness (QED) is 0.714. The van der Waals surface area contributed by atoms with Crippen LogP contribution in [0.25, 0.3) is 16.9 Å².